The van der Waals surface area contributed by atoms with Crippen molar-refractivity contribution >= 4 is 18.0 Å². The van der Waals surface area contributed by atoms with Crippen LogP contribution < -0.4 is 5.32 Å². The van der Waals surface area contributed by atoms with Crippen LogP contribution in [0.2, 0.25) is 0 Å². The van der Waals surface area contributed by atoms with E-state index in [0.717, 1.165) is 0 Å². The molecule has 31 heavy (non-hydrogen) atoms. The van der Waals surface area contributed by atoms with Gasteiger partial charge < -0.3 is 29.4 Å². The lowest BCUT2D eigenvalue weighted by molar-refractivity contribution is -0.384. The molecule has 11 nitrogen and oxygen atoms in total. The van der Waals surface area contributed by atoms with Crippen LogP contribution >= 0.6 is 0 Å². The highest BCUT2D eigenvalue weighted by Gasteiger charge is 2.50. The van der Waals surface area contributed by atoms with Crippen LogP contribution in [0.15, 0.2) is 35.7 Å². The van der Waals surface area contributed by atoms with Gasteiger partial charge in [-0.05, 0) is 26.3 Å². The highest BCUT2D eigenvalue weighted by molar-refractivity contribution is 5.63. The average Bonchev–Trinajstić information content (AvgIpc) is 2.70. The second-order valence-electron chi connectivity index (χ2n) is 6.96. The highest BCUT2D eigenvalue weighted by Crippen LogP contribution is 2.45. The molecule has 0 spiro atoms. The van der Waals surface area contributed by atoms with Crippen molar-refractivity contribution in [2.24, 2.45) is 0 Å². The van der Waals surface area contributed by atoms with Gasteiger partial charge in [0.1, 0.15) is 17.5 Å². The quantitative estimate of drug-likeness (QED) is 0.370. The Balaban J connectivity index is 2.65. The third-order valence-electron chi connectivity index (χ3n) is 4.71. The van der Waals surface area contributed by atoms with E-state index >= 15 is 0 Å². The Bertz CT molecular complexity index is 866. The summed E-state index contributed by atoms with van der Waals surface area (Å²) in [6, 6.07) is 5.54. The molecular formula is C20H26N2O9. The Morgan fingerprint density at radius 1 is 1.26 bits per heavy atom. The summed E-state index contributed by atoms with van der Waals surface area (Å²) in [7, 11) is 1.57. The number of benzene rings is 1. The zero-order valence-corrected chi connectivity index (χ0v) is 17.7. The number of nitro groups is 1. The molecule has 1 aromatic rings. The third-order valence-corrected chi connectivity index (χ3v) is 4.71. The van der Waals surface area contributed by atoms with Crippen molar-refractivity contribution in [3.05, 3.63) is 51.4 Å². The first-order valence-electron chi connectivity index (χ1n) is 9.70. The van der Waals surface area contributed by atoms with E-state index in [4.69, 9.17) is 18.9 Å². The Labute approximate surface area is 179 Å². The molecule has 0 bridgehead atoms. The van der Waals surface area contributed by atoms with Gasteiger partial charge in [0.2, 0.25) is 0 Å². The zero-order valence-electron chi connectivity index (χ0n) is 17.7. The van der Waals surface area contributed by atoms with Crippen LogP contribution in [0, 0.1) is 10.1 Å². The number of hydrogen-bond acceptors (Lipinski definition) is 10. The smallest absolute Gasteiger partial charge is 0.435 e. The summed E-state index contributed by atoms with van der Waals surface area (Å²) in [4.78, 5) is 34.9. The Morgan fingerprint density at radius 2 is 1.90 bits per heavy atom. The molecule has 0 fully saturated rings. The molecule has 0 heterocycles. The first-order chi connectivity index (χ1) is 14.6. The number of carbonyl (C=O) groups is 2. The monoisotopic (exact) mass is 438 g/mol. The second-order valence-corrected chi connectivity index (χ2v) is 6.96. The molecule has 0 amide bonds. The largest absolute Gasteiger partial charge is 0.513 e. The SMILES string of the molecule is CCOC(=O)OC1=C(NC)CC(C)(O)C(OC(=O)OCC)C1c1cccc([N+](=O)[O-])c1. The molecule has 3 unspecified atom stereocenters. The van der Waals surface area contributed by atoms with Gasteiger partial charge in [0.15, 0.2) is 0 Å². The number of nitro benzene ring substituents is 1. The fourth-order valence-electron chi connectivity index (χ4n) is 3.41. The van der Waals surface area contributed by atoms with Crippen LogP contribution in [0.5, 0.6) is 0 Å². The topological polar surface area (TPSA) is 146 Å². The number of carbonyl (C=O) groups excluding carboxylic acids is 2. The molecule has 11 heteroatoms. The molecule has 0 saturated heterocycles. The van der Waals surface area contributed by atoms with E-state index in [-0.39, 0.29) is 36.6 Å². The Kier molecular flexibility index (Phi) is 7.81. The van der Waals surface area contributed by atoms with E-state index in [2.05, 4.69) is 5.32 Å². The fraction of sp³-hybridized carbons (Fsp3) is 0.500. The van der Waals surface area contributed by atoms with Gasteiger partial charge in [0.05, 0.1) is 29.8 Å². The van der Waals surface area contributed by atoms with Crippen molar-refractivity contribution in [1.82, 2.24) is 5.32 Å². The number of nitrogens with one attached hydrogen (secondary N) is 1. The minimum absolute atomic E-state index is 0.0160. The molecule has 1 aliphatic carbocycles. The van der Waals surface area contributed by atoms with Crippen molar-refractivity contribution < 1.29 is 38.6 Å². The maximum Gasteiger partial charge on any atom is 0.513 e. The van der Waals surface area contributed by atoms with E-state index in [1.807, 2.05) is 0 Å². The van der Waals surface area contributed by atoms with Crippen LogP contribution in [0.4, 0.5) is 15.3 Å². The van der Waals surface area contributed by atoms with Crippen molar-refractivity contribution in [2.45, 2.75) is 44.8 Å². The van der Waals surface area contributed by atoms with E-state index in [1.54, 1.807) is 27.0 Å². The van der Waals surface area contributed by atoms with Crippen LogP contribution in [0.1, 0.15) is 38.7 Å². The van der Waals surface area contributed by atoms with Crippen molar-refractivity contribution in [3.63, 3.8) is 0 Å². The number of ether oxygens (including phenoxy) is 4. The van der Waals surface area contributed by atoms with E-state index in [0.29, 0.717) is 5.70 Å². The van der Waals surface area contributed by atoms with Gasteiger partial charge in [0, 0.05) is 25.6 Å². The summed E-state index contributed by atoms with van der Waals surface area (Å²) in [5.74, 6) is -1.05. The van der Waals surface area contributed by atoms with E-state index in [9.17, 15) is 24.8 Å². The standard InChI is InChI=1S/C20H26N2O9/c1-5-28-18(23)30-16-14(21-4)11-20(3,25)17(31-19(24)29-6-2)15(16)12-8-7-9-13(10-12)22(26)27/h7-10,15,17,21,25H,5-6,11H2,1-4H3. The lowest BCUT2D eigenvalue weighted by Gasteiger charge is -2.42. The van der Waals surface area contributed by atoms with Gasteiger partial charge in [-0.25, -0.2) is 9.59 Å². The number of nitrogens with zero attached hydrogens (tertiary/aromatic N) is 1. The first kappa shape index (κ1) is 23.9. The van der Waals surface area contributed by atoms with E-state index < -0.39 is 34.9 Å². The summed E-state index contributed by atoms with van der Waals surface area (Å²) < 4.78 is 20.5. The van der Waals surface area contributed by atoms with Crippen LogP contribution in [-0.4, -0.2) is 54.3 Å². The zero-order chi connectivity index (χ0) is 23.2. The van der Waals surface area contributed by atoms with Gasteiger partial charge in [-0.15, -0.1) is 0 Å². The molecule has 170 valence electrons. The van der Waals surface area contributed by atoms with E-state index in [1.165, 1.54) is 25.1 Å². The lowest BCUT2D eigenvalue weighted by atomic mass is 9.74. The van der Waals surface area contributed by atoms with Crippen LogP contribution in [0.25, 0.3) is 0 Å². The van der Waals surface area contributed by atoms with Crippen LogP contribution in [-0.2, 0) is 18.9 Å². The summed E-state index contributed by atoms with van der Waals surface area (Å²) >= 11 is 0. The summed E-state index contributed by atoms with van der Waals surface area (Å²) in [5, 5.41) is 25.3. The molecule has 0 aliphatic heterocycles. The van der Waals surface area contributed by atoms with Crippen molar-refractivity contribution in [2.75, 3.05) is 20.3 Å². The summed E-state index contributed by atoms with van der Waals surface area (Å²) in [6.45, 7) is 4.74. The molecule has 2 rings (SSSR count). The van der Waals surface area contributed by atoms with Crippen molar-refractivity contribution in [1.29, 1.82) is 0 Å². The maximum atomic E-state index is 12.1. The highest BCUT2D eigenvalue weighted by atomic mass is 16.7. The molecule has 0 saturated carbocycles. The number of hydrogen-bond donors (Lipinski definition) is 2. The first-order valence-corrected chi connectivity index (χ1v) is 9.70. The minimum atomic E-state index is -1.62. The van der Waals surface area contributed by atoms with Gasteiger partial charge in [-0.3, -0.25) is 10.1 Å². The second kappa shape index (κ2) is 10.1. The number of rotatable bonds is 7. The predicted molar refractivity (Wildman–Crippen MR) is 107 cm³/mol. The minimum Gasteiger partial charge on any atom is -0.435 e. The van der Waals surface area contributed by atoms with Gasteiger partial charge in [-0.1, -0.05) is 12.1 Å². The van der Waals surface area contributed by atoms with Gasteiger partial charge in [0.25, 0.3) is 5.69 Å². The van der Waals surface area contributed by atoms with Crippen LogP contribution in [0.3, 0.4) is 0 Å². The molecule has 1 aliphatic rings. The normalized spacial score (nSPS) is 23.0. The molecule has 0 radical (unpaired) electrons. The number of non-ortho nitro benzene ring substituents is 1. The number of aliphatic hydroxyl groups is 1. The summed E-state index contributed by atoms with van der Waals surface area (Å²) in [5.41, 5.74) is -1.21. The molecule has 2 N–H and O–H groups in total. The molecule has 1 aromatic carbocycles. The molecule has 0 aromatic heterocycles. The summed E-state index contributed by atoms with van der Waals surface area (Å²) in [6.07, 6.45) is -3.38. The van der Waals surface area contributed by atoms with Gasteiger partial charge in [-0.2, -0.15) is 0 Å². The third kappa shape index (κ3) is 5.63. The Morgan fingerprint density at radius 3 is 2.48 bits per heavy atom. The molecule has 3 atom stereocenters. The predicted octanol–water partition coefficient (Wildman–Crippen LogP) is 2.98. The fourth-order valence-corrected chi connectivity index (χ4v) is 3.41. The molecular weight excluding hydrogens is 412 g/mol. The average molecular weight is 438 g/mol. The van der Waals surface area contributed by atoms with Gasteiger partial charge >= 0.3 is 12.3 Å². The lowest BCUT2D eigenvalue weighted by Crippen LogP contribution is -2.51. The van der Waals surface area contributed by atoms with Crippen molar-refractivity contribution in [3.8, 4) is 0 Å². The maximum absolute atomic E-state index is 12.1. The Hall–Kier alpha value is -3.34.